The average molecular weight is 243 g/mol. The van der Waals surface area contributed by atoms with Gasteiger partial charge in [0, 0.05) is 0 Å². The molecule has 4 nitrogen and oxygen atoms in total. The molecule has 0 aromatic carbocycles. The summed E-state index contributed by atoms with van der Waals surface area (Å²) in [6, 6.07) is 0. The molecule has 0 aliphatic carbocycles. The van der Waals surface area contributed by atoms with Crippen LogP contribution in [0.15, 0.2) is 5.16 Å². The third kappa shape index (κ3) is 11.2. The van der Waals surface area contributed by atoms with Crippen molar-refractivity contribution in [2.24, 2.45) is 5.16 Å². The molecule has 0 aliphatic heterocycles. The molecular formula is C13H25NO3. The van der Waals surface area contributed by atoms with E-state index in [2.05, 4.69) is 21.7 Å². The van der Waals surface area contributed by atoms with Crippen LogP contribution in [-0.4, -0.2) is 18.5 Å². The lowest BCUT2D eigenvalue weighted by atomic mass is 10.1. The lowest BCUT2D eigenvalue weighted by Gasteiger charge is -2.01. The van der Waals surface area contributed by atoms with Gasteiger partial charge in [0.1, 0.15) is 0 Å². The van der Waals surface area contributed by atoms with Crippen molar-refractivity contribution < 1.29 is 14.4 Å². The summed E-state index contributed by atoms with van der Waals surface area (Å²) in [5.41, 5.74) is 0.841. The molecule has 0 amide bonds. The maximum atomic E-state index is 10.8. The van der Waals surface area contributed by atoms with Crippen LogP contribution in [0.25, 0.3) is 0 Å². The van der Waals surface area contributed by atoms with E-state index < -0.39 is 6.16 Å². The smallest absolute Gasteiger partial charge is 0.433 e. The summed E-state index contributed by atoms with van der Waals surface area (Å²) in [6.45, 7) is 6.12. The Morgan fingerprint density at radius 2 is 1.71 bits per heavy atom. The van der Waals surface area contributed by atoms with E-state index in [-0.39, 0.29) is 0 Å². The fourth-order valence-corrected chi connectivity index (χ4v) is 1.47. The molecule has 0 aromatic rings. The first-order valence-electron chi connectivity index (χ1n) is 6.57. The zero-order valence-corrected chi connectivity index (χ0v) is 11.3. The minimum Gasteiger partial charge on any atom is -0.433 e. The summed E-state index contributed by atoms with van der Waals surface area (Å²) in [5, 5.41) is 3.72. The van der Waals surface area contributed by atoms with Crippen molar-refractivity contribution in [3.8, 4) is 0 Å². The lowest BCUT2D eigenvalue weighted by molar-refractivity contribution is 0.0611. The molecule has 0 aliphatic rings. The van der Waals surface area contributed by atoms with Crippen LogP contribution in [0, 0.1) is 0 Å². The lowest BCUT2D eigenvalue weighted by Crippen LogP contribution is -2.04. The van der Waals surface area contributed by atoms with Crippen LogP contribution >= 0.6 is 0 Å². The van der Waals surface area contributed by atoms with Gasteiger partial charge in [0.15, 0.2) is 0 Å². The van der Waals surface area contributed by atoms with Crippen molar-refractivity contribution in [1.29, 1.82) is 0 Å². The van der Waals surface area contributed by atoms with E-state index in [4.69, 9.17) is 0 Å². The van der Waals surface area contributed by atoms with Crippen molar-refractivity contribution in [3.63, 3.8) is 0 Å². The number of ether oxygens (including phenoxy) is 1. The summed E-state index contributed by atoms with van der Waals surface area (Å²) in [7, 11) is 0. The molecule has 0 bridgehead atoms. The number of hydrogen-bond donors (Lipinski definition) is 0. The number of carbonyl (C=O) groups excluding carboxylic acids is 1. The van der Waals surface area contributed by atoms with E-state index in [1.165, 1.54) is 32.1 Å². The molecule has 0 spiro atoms. The monoisotopic (exact) mass is 243 g/mol. The van der Waals surface area contributed by atoms with Gasteiger partial charge in [-0.2, -0.15) is 0 Å². The number of unbranched alkanes of at least 4 members (excludes halogenated alkanes) is 5. The molecule has 100 valence electrons. The molecular weight excluding hydrogens is 218 g/mol. The Morgan fingerprint density at radius 3 is 2.35 bits per heavy atom. The number of rotatable bonds is 9. The predicted octanol–water partition coefficient (Wildman–Crippen LogP) is 4.29. The second-order valence-electron chi connectivity index (χ2n) is 4.12. The molecule has 0 unspecified atom stereocenters. The maximum Gasteiger partial charge on any atom is 0.535 e. The molecule has 4 heteroatoms. The van der Waals surface area contributed by atoms with Crippen LogP contribution in [0.3, 0.4) is 0 Å². The van der Waals surface area contributed by atoms with E-state index in [1.807, 2.05) is 6.92 Å². The average Bonchev–Trinajstić information content (AvgIpc) is 2.31. The number of nitrogens with zero attached hydrogens (tertiary/aromatic N) is 1. The Hall–Kier alpha value is -1.06. The van der Waals surface area contributed by atoms with Crippen molar-refractivity contribution >= 4 is 11.9 Å². The van der Waals surface area contributed by atoms with Crippen LogP contribution < -0.4 is 0 Å². The standard InChI is InChI=1S/C13H25NO3/c1-4-6-7-8-9-10-11-12(3)14-17-13(15)16-5-2/h4-11H2,1-3H3. The Kier molecular flexibility index (Phi) is 10.7. The maximum absolute atomic E-state index is 10.8. The molecule has 0 rings (SSSR count). The zero-order valence-electron chi connectivity index (χ0n) is 11.3. The third-order valence-electron chi connectivity index (χ3n) is 2.43. The van der Waals surface area contributed by atoms with Gasteiger partial charge in [0.05, 0.1) is 12.3 Å². The Bertz CT molecular complexity index is 227. The van der Waals surface area contributed by atoms with Gasteiger partial charge >= 0.3 is 6.16 Å². The number of carbonyl (C=O) groups is 1. The summed E-state index contributed by atoms with van der Waals surface area (Å²) in [6.07, 6.45) is 7.65. The van der Waals surface area contributed by atoms with E-state index in [9.17, 15) is 4.79 Å². The summed E-state index contributed by atoms with van der Waals surface area (Å²) in [4.78, 5) is 15.4. The minimum atomic E-state index is -0.727. The van der Waals surface area contributed by atoms with E-state index >= 15 is 0 Å². The first kappa shape index (κ1) is 15.9. The van der Waals surface area contributed by atoms with E-state index in [0.717, 1.165) is 18.6 Å². The van der Waals surface area contributed by atoms with Crippen LogP contribution in [0.1, 0.15) is 65.7 Å². The first-order valence-corrected chi connectivity index (χ1v) is 6.57. The highest BCUT2D eigenvalue weighted by Gasteiger charge is 2.01. The van der Waals surface area contributed by atoms with Crippen LogP contribution in [0.2, 0.25) is 0 Å². The second kappa shape index (κ2) is 11.4. The normalized spacial score (nSPS) is 11.4. The third-order valence-corrected chi connectivity index (χ3v) is 2.43. The van der Waals surface area contributed by atoms with Gasteiger partial charge < -0.3 is 4.74 Å². The van der Waals surface area contributed by atoms with Gasteiger partial charge in [-0.25, -0.2) is 4.79 Å². The SMILES string of the molecule is CCCCCCCCC(C)=NOC(=O)OCC. The molecule has 0 saturated heterocycles. The topological polar surface area (TPSA) is 47.9 Å². The highest BCUT2D eigenvalue weighted by molar-refractivity contribution is 5.81. The molecule has 0 aromatic heterocycles. The molecule has 0 atom stereocenters. The highest BCUT2D eigenvalue weighted by Crippen LogP contribution is 2.07. The van der Waals surface area contributed by atoms with Gasteiger partial charge in [-0.05, 0) is 26.7 Å². The largest absolute Gasteiger partial charge is 0.535 e. The highest BCUT2D eigenvalue weighted by atomic mass is 16.8. The summed E-state index contributed by atoms with van der Waals surface area (Å²) >= 11 is 0. The zero-order chi connectivity index (χ0) is 12.9. The van der Waals surface area contributed by atoms with Crippen molar-refractivity contribution in [1.82, 2.24) is 0 Å². The van der Waals surface area contributed by atoms with Gasteiger partial charge in [-0.15, -0.1) is 0 Å². The summed E-state index contributed by atoms with van der Waals surface area (Å²) < 4.78 is 4.59. The Labute approximate surface area is 104 Å². The van der Waals surface area contributed by atoms with Crippen LogP contribution in [0.5, 0.6) is 0 Å². The van der Waals surface area contributed by atoms with Crippen LogP contribution in [-0.2, 0) is 9.57 Å². The number of oxime groups is 1. The molecule has 17 heavy (non-hydrogen) atoms. The van der Waals surface area contributed by atoms with Crippen molar-refractivity contribution in [2.45, 2.75) is 65.7 Å². The predicted molar refractivity (Wildman–Crippen MR) is 69.2 cm³/mol. The fourth-order valence-electron chi connectivity index (χ4n) is 1.47. The molecule has 0 saturated carbocycles. The van der Waals surface area contributed by atoms with E-state index in [1.54, 1.807) is 6.92 Å². The quantitative estimate of drug-likeness (QED) is 0.199. The second-order valence-corrected chi connectivity index (χ2v) is 4.12. The van der Waals surface area contributed by atoms with Gasteiger partial charge in [-0.1, -0.05) is 44.2 Å². The van der Waals surface area contributed by atoms with Crippen molar-refractivity contribution in [2.75, 3.05) is 6.61 Å². The number of hydrogen-bond acceptors (Lipinski definition) is 4. The van der Waals surface area contributed by atoms with Gasteiger partial charge in [-0.3, -0.25) is 4.84 Å². The molecule has 0 heterocycles. The molecule has 0 radical (unpaired) electrons. The summed E-state index contributed by atoms with van der Waals surface area (Å²) in [5.74, 6) is 0. The van der Waals surface area contributed by atoms with Gasteiger partial charge in [0.25, 0.3) is 0 Å². The van der Waals surface area contributed by atoms with Crippen molar-refractivity contribution in [3.05, 3.63) is 0 Å². The minimum absolute atomic E-state index is 0.310. The Morgan fingerprint density at radius 1 is 1.06 bits per heavy atom. The first-order chi connectivity index (χ1) is 8.20. The van der Waals surface area contributed by atoms with E-state index in [0.29, 0.717) is 6.61 Å². The molecule has 0 N–H and O–H groups in total. The Balaban J connectivity index is 3.47. The van der Waals surface area contributed by atoms with Crippen LogP contribution in [0.4, 0.5) is 4.79 Å². The fraction of sp³-hybridized carbons (Fsp3) is 0.846. The van der Waals surface area contributed by atoms with Gasteiger partial charge in [0.2, 0.25) is 0 Å². The molecule has 0 fully saturated rings.